The minimum atomic E-state index is -3.51. The number of aromatic nitrogens is 1. The largest absolute Gasteiger partial charge is 0.298 e. The molecule has 0 unspecified atom stereocenters. The summed E-state index contributed by atoms with van der Waals surface area (Å²) in [5.41, 5.74) is 1.32. The molecule has 0 bridgehead atoms. The number of nitrogens with zero attached hydrogens (tertiary/aromatic N) is 2. The van der Waals surface area contributed by atoms with Crippen LogP contribution in [0, 0.1) is 5.41 Å². The van der Waals surface area contributed by atoms with Crippen LogP contribution in [0.15, 0.2) is 35.2 Å². The maximum atomic E-state index is 12.5. The van der Waals surface area contributed by atoms with Gasteiger partial charge in [0, 0.05) is 25.6 Å². The Labute approximate surface area is 187 Å². The van der Waals surface area contributed by atoms with Crippen LogP contribution < -0.4 is 5.32 Å². The molecule has 0 radical (unpaired) electrons. The molecule has 1 heterocycles. The summed E-state index contributed by atoms with van der Waals surface area (Å²) in [5.74, 6) is -0.294. The van der Waals surface area contributed by atoms with Gasteiger partial charge < -0.3 is 0 Å². The maximum Gasteiger partial charge on any atom is 0.250 e. The molecule has 0 aliphatic heterocycles. The first-order valence-corrected chi connectivity index (χ1v) is 12.4. The first-order chi connectivity index (χ1) is 14.6. The molecule has 0 spiro atoms. The number of Topliss-reactive ketones (excluding diaryl/α,β-unsaturated/α-hetero) is 1. The predicted octanol–water partition coefficient (Wildman–Crippen LogP) is 3.98. The van der Waals surface area contributed by atoms with Gasteiger partial charge in [-0.3, -0.25) is 14.9 Å². The zero-order valence-electron chi connectivity index (χ0n) is 18.1. The van der Waals surface area contributed by atoms with E-state index in [-0.39, 0.29) is 22.0 Å². The topological polar surface area (TPSA) is 96.4 Å². The number of amides is 1. The van der Waals surface area contributed by atoms with Crippen LogP contribution in [-0.4, -0.2) is 42.5 Å². The van der Waals surface area contributed by atoms with Crippen molar-refractivity contribution in [2.45, 2.75) is 45.4 Å². The first kappa shape index (κ1) is 23.3. The Kier molecular flexibility index (Phi) is 6.78. The van der Waals surface area contributed by atoms with Gasteiger partial charge >= 0.3 is 0 Å². The van der Waals surface area contributed by atoms with Crippen LogP contribution in [0.5, 0.6) is 0 Å². The second kappa shape index (κ2) is 9.02. The van der Waals surface area contributed by atoms with Crippen molar-refractivity contribution in [2.75, 3.05) is 18.4 Å². The van der Waals surface area contributed by atoms with E-state index in [2.05, 4.69) is 10.3 Å². The van der Waals surface area contributed by atoms with Gasteiger partial charge in [-0.25, -0.2) is 13.4 Å². The molecule has 0 saturated carbocycles. The fraction of sp³-hybridized carbons (Fsp3) is 0.409. The molecule has 9 heteroatoms. The van der Waals surface area contributed by atoms with E-state index in [0.29, 0.717) is 41.5 Å². The third-order valence-corrected chi connectivity index (χ3v) is 8.23. The molecule has 0 fully saturated rings. The number of thiazole rings is 1. The Hall–Kier alpha value is -2.36. The lowest BCUT2D eigenvalue weighted by molar-refractivity contribution is -0.111. The number of rotatable bonds is 7. The van der Waals surface area contributed by atoms with E-state index in [1.54, 1.807) is 32.1 Å². The van der Waals surface area contributed by atoms with Crippen LogP contribution in [0.4, 0.5) is 5.13 Å². The van der Waals surface area contributed by atoms with Crippen molar-refractivity contribution >= 4 is 44.3 Å². The van der Waals surface area contributed by atoms with E-state index in [4.69, 9.17) is 0 Å². The fourth-order valence-electron chi connectivity index (χ4n) is 3.56. The van der Waals surface area contributed by atoms with E-state index in [1.165, 1.54) is 33.9 Å². The van der Waals surface area contributed by atoms with Crippen LogP contribution in [0.3, 0.4) is 0 Å². The molecule has 0 saturated heterocycles. The van der Waals surface area contributed by atoms with E-state index in [9.17, 15) is 18.0 Å². The molecule has 1 N–H and O–H groups in total. The molecule has 0 atom stereocenters. The summed E-state index contributed by atoms with van der Waals surface area (Å²) in [4.78, 5) is 29.8. The predicted molar refractivity (Wildman–Crippen MR) is 123 cm³/mol. The normalized spacial score (nSPS) is 16.0. The molecule has 2 aromatic rings. The van der Waals surface area contributed by atoms with Gasteiger partial charge in [-0.05, 0) is 35.6 Å². The number of anilines is 1. The maximum absolute atomic E-state index is 12.5. The summed E-state index contributed by atoms with van der Waals surface area (Å²) in [6.45, 7) is 8.48. The highest BCUT2D eigenvalue weighted by Crippen LogP contribution is 2.38. The number of hydrogen-bond donors (Lipinski definition) is 1. The van der Waals surface area contributed by atoms with Crippen LogP contribution >= 0.6 is 11.3 Å². The van der Waals surface area contributed by atoms with Crippen molar-refractivity contribution in [3.63, 3.8) is 0 Å². The SMILES string of the molecule is CCN(CC)S(=O)(=O)c1ccc(/C=C/C(=O)Nc2nc3c(s2)C(=O)CC(C)(C)C3)cc1. The second-order valence-corrected chi connectivity index (χ2v) is 11.2. The molecule has 1 aromatic carbocycles. The lowest BCUT2D eigenvalue weighted by Gasteiger charge is -2.26. The Morgan fingerprint density at radius 3 is 2.45 bits per heavy atom. The molecule has 7 nitrogen and oxygen atoms in total. The van der Waals surface area contributed by atoms with Gasteiger partial charge in [-0.1, -0.05) is 51.2 Å². The summed E-state index contributed by atoms with van der Waals surface area (Å²) >= 11 is 1.21. The van der Waals surface area contributed by atoms with Crippen molar-refractivity contribution in [1.82, 2.24) is 9.29 Å². The third kappa shape index (κ3) is 5.28. The van der Waals surface area contributed by atoms with Gasteiger partial charge in [-0.15, -0.1) is 0 Å². The summed E-state index contributed by atoms with van der Waals surface area (Å²) < 4.78 is 26.5. The molecule has 166 valence electrons. The summed E-state index contributed by atoms with van der Waals surface area (Å²) in [6, 6.07) is 6.38. The van der Waals surface area contributed by atoms with Crippen LogP contribution in [0.2, 0.25) is 0 Å². The van der Waals surface area contributed by atoms with Crippen molar-refractivity contribution < 1.29 is 18.0 Å². The van der Waals surface area contributed by atoms with Crippen molar-refractivity contribution in [2.24, 2.45) is 5.41 Å². The van der Waals surface area contributed by atoms with Gasteiger partial charge in [0.15, 0.2) is 10.9 Å². The van der Waals surface area contributed by atoms with Gasteiger partial charge in [0.05, 0.1) is 15.5 Å². The van der Waals surface area contributed by atoms with Crippen molar-refractivity contribution in [1.29, 1.82) is 0 Å². The molecule has 3 rings (SSSR count). The van der Waals surface area contributed by atoms with E-state index < -0.39 is 10.0 Å². The summed E-state index contributed by atoms with van der Waals surface area (Å²) in [6.07, 6.45) is 4.15. The fourth-order valence-corrected chi connectivity index (χ4v) is 5.94. The molecular weight excluding hydrogens is 434 g/mol. The lowest BCUT2D eigenvalue weighted by Crippen LogP contribution is -2.30. The quantitative estimate of drug-likeness (QED) is 0.629. The first-order valence-electron chi connectivity index (χ1n) is 10.2. The molecular formula is C22H27N3O4S2. The van der Waals surface area contributed by atoms with Crippen molar-refractivity contribution in [3.05, 3.63) is 46.5 Å². The Morgan fingerprint density at radius 1 is 1.19 bits per heavy atom. The summed E-state index contributed by atoms with van der Waals surface area (Å²) in [5, 5.41) is 3.12. The minimum Gasteiger partial charge on any atom is -0.298 e. The second-order valence-electron chi connectivity index (χ2n) is 8.22. The standard InChI is InChI=1S/C22H27N3O4S2/c1-5-25(6-2)31(28,29)16-10-7-15(8-11-16)9-12-19(27)24-21-23-17-13-22(3,4)14-18(26)20(17)30-21/h7-12H,5-6,13-14H2,1-4H3,(H,23,24,27)/b12-9+. The molecule has 1 aliphatic rings. The number of ketones is 1. The van der Waals surface area contributed by atoms with Crippen LogP contribution in [0.25, 0.3) is 6.08 Å². The molecule has 31 heavy (non-hydrogen) atoms. The van der Waals surface area contributed by atoms with Crippen LogP contribution in [0.1, 0.15) is 55.0 Å². The third-order valence-electron chi connectivity index (χ3n) is 5.12. The Morgan fingerprint density at radius 2 is 1.84 bits per heavy atom. The zero-order chi connectivity index (χ0) is 22.8. The van der Waals surface area contributed by atoms with Gasteiger partial charge in [0.1, 0.15) is 0 Å². The Balaban J connectivity index is 1.67. The van der Waals surface area contributed by atoms with Crippen molar-refractivity contribution in [3.8, 4) is 0 Å². The summed E-state index contributed by atoms with van der Waals surface area (Å²) in [7, 11) is -3.51. The van der Waals surface area contributed by atoms with Gasteiger partial charge in [0.25, 0.3) is 0 Å². The highest BCUT2D eigenvalue weighted by atomic mass is 32.2. The monoisotopic (exact) mass is 461 g/mol. The average Bonchev–Trinajstić information content (AvgIpc) is 3.08. The molecule has 1 aromatic heterocycles. The van der Waals surface area contributed by atoms with E-state index in [0.717, 1.165) is 5.69 Å². The molecule has 1 amide bonds. The van der Waals surface area contributed by atoms with Gasteiger partial charge in [-0.2, -0.15) is 4.31 Å². The van der Waals surface area contributed by atoms with Gasteiger partial charge in [0.2, 0.25) is 15.9 Å². The number of hydrogen-bond acceptors (Lipinski definition) is 6. The number of nitrogens with one attached hydrogen (secondary N) is 1. The highest BCUT2D eigenvalue weighted by Gasteiger charge is 2.34. The highest BCUT2D eigenvalue weighted by molar-refractivity contribution is 7.89. The number of sulfonamides is 1. The Bertz CT molecular complexity index is 1110. The number of benzene rings is 1. The number of carbonyl (C=O) groups is 2. The van der Waals surface area contributed by atoms with Crippen LogP contribution in [-0.2, 0) is 21.2 Å². The van der Waals surface area contributed by atoms with E-state index in [1.807, 2.05) is 13.8 Å². The minimum absolute atomic E-state index is 0.0690. The average molecular weight is 462 g/mol. The van der Waals surface area contributed by atoms with E-state index >= 15 is 0 Å². The number of carbonyl (C=O) groups excluding carboxylic acids is 2. The number of fused-ring (bicyclic) bond motifs is 1. The lowest BCUT2D eigenvalue weighted by atomic mass is 9.78. The smallest absolute Gasteiger partial charge is 0.250 e. The zero-order valence-corrected chi connectivity index (χ0v) is 19.8. The molecule has 1 aliphatic carbocycles.